The molecule has 1 amide bonds. The molecule has 1 spiro atoms. The SMILES string of the molecule is CN1CCC2(CC1)CC(NC(=O)c1ccc(COc3ccccc3)o1)c1ccccc1O2. The van der Waals surface area contributed by atoms with Crippen LogP contribution in [0.2, 0.25) is 0 Å². The van der Waals surface area contributed by atoms with Crippen LogP contribution < -0.4 is 14.8 Å². The van der Waals surface area contributed by atoms with Crippen molar-refractivity contribution in [2.45, 2.75) is 37.5 Å². The Kier molecular flexibility index (Phi) is 5.62. The van der Waals surface area contributed by atoms with Gasteiger partial charge in [0.2, 0.25) is 0 Å². The number of likely N-dealkylation sites (tertiary alicyclic amines) is 1. The number of carbonyl (C=O) groups is 1. The van der Waals surface area contributed by atoms with Gasteiger partial charge < -0.3 is 24.1 Å². The van der Waals surface area contributed by atoms with Crippen molar-refractivity contribution in [3.8, 4) is 11.5 Å². The maximum absolute atomic E-state index is 13.0. The molecule has 32 heavy (non-hydrogen) atoms. The lowest BCUT2D eigenvalue weighted by Gasteiger charge is -2.46. The predicted molar refractivity (Wildman–Crippen MR) is 121 cm³/mol. The zero-order valence-corrected chi connectivity index (χ0v) is 18.3. The van der Waals surface area contributed by atoms with E-state index >= 15 is 0 Å². The molecule has 5 rings (SSSR count). The first-order valence-corrected chi connectivity index (χ1v) is 11.1. The third-order valence-corrected chi connectivity index (χ3v) is 6.41. The van der Waals surface area contributed by atoms with Crippen LogP contribution in [0.4, 0.5) is 0 Å². The number of carbonyl (C=O) groups excluding carboxylic acids is 1. The van der Waals surface area contributed by atoms with Gasteiger partial charge in [-0.2, -0.15) is 0 Å². The number of nitrogens with zero attached hydrogens (tertiary/aromatic N) is 1. The number of hydrogen-bond acceptors (Lipinski definition) is 5. The average molecular weight is 433 g/mol. The van der Waals surface area contributed by atoms with Gasteiger partial charge in [-0.05, 0) is 50.2 Å². The summed E-state index contributed by atoms with van der Waals surface area (Å²) in [6.07, 6.45) is 2.66. The number of rotatable bonds is 5. The molecule has 0 aliphatic carbocycles. The Balaban J connectivity index is 1.28. The summed E-state index contributed by atoms with van der Waals surface area (Å²) in [6.45, 7) is 2.26. The highest BCUT2D eigenvalue weighted by Gasteiger charge is 2.43. The molecule has 0 saturated carbocycles. The molecule has 6 nitrogen and oxygen atoms in total. The first-order valence-electron chi connectivity index (χ1n) is 11.1. The van der Waals surface area contributed by atoms with Crippen LogP contribution in [0.1, 0.15) is 47.2 Å². The summed E-state index contributed by atoms with van der Waals surface area (Å²) in [5.74, 6) is 2.30. The average Bonchev–Trinajstić information content (AvgIpc) is 3.30. The molecule has 2 aromatic carbocycles. The van der Waals surface area contributed by atoms with Gasteiger partial charge >= 0.3 is 0 Å². The minimum Gasteiger partial charge on any atom is -0.487 e. The van der Waals surface area contributed by atoms with Gasteiger partial charge in [-0.25, -0.2) is 0 Å². The second kappa shape index (κ2) is 8.71. The molecule has 1 unspecified atom stereocenters. The summed E-state index contributed by atoms with van der Waals surface area (Å²) in [6, 6.07) is 20.9. The van der Waals surface area contributed by atoms with E-state index in [4.69, 9.17) is 13.9 Å². The molecule has 1 saturated heterocycles. The minimum absolute atomic E-state index is 0.120. The van der Waals surface area contributed by atoms with Gasteiger partial charge in [0.05, 0.1) is 6.04 Å². The Hall–Kier alpha value is -3.25. The Morgan fingerprint density at radius 3 is 2.62 bits per heavy atom. The Morgan fingerprint density at radius 1 is 1.06 bits per heavy atom. The lowest BCUT2D eigenvalue weighted by atomic mass is 9.80. The third kappa shape index (κ3) is 4.36. The van der Waals surface area contributed by atoms with E-state index < -0.39 is 0 Å². The lowest BCUT2D eigenvalue weighted by molar-refractivity contribution is -0.0196. The monoisotopic (exact) mass is 432 g/mol. The molecule has 1 N–H and O–H groups in total. The van der Waals surface area contributed by atoms with Crippen molar-refractivity contribution >= 4 is 5.91 Å². The van der Waals surface area contributed by atoms with Crippen LogP contribution in [0.5, 0.6) is 11.5 Å². The second-order valence-corrected chi connectivity index (χ2v) is 8.72. The number of furan rings is 1. The minimum atomic E-state index is -0.239. The van der Waals surface area contributed by atoms with Crippen LogP contribution in [0.3, 0.4) is 0 Å². The van der Waals surface area contributed by atoms with E-state index in [0.29, 0.717) is 5.76 Å². The molecular formula is C26H28N2O4. The van der Waals surface area contributed by atoms with Crippen LogP contribution in [0.25, 0.3) is 0 Å². The summed E-state index contributed by atoms with van der Waals surface area (Å²) < 4.78 is 18.0. The van der Waals surface area contributed by atoms with Crippen molar-refractivity contribution in [1.29, 1.82) is 0 Å². The molecule has 166 valence electrons. The largest absolute Gasteiger partial charge is 0.487 e. The molecule has 6 heteroatoms. The number of ether oxygens (including phenoxy) is 2. The van der Waals surface area contributed by atoms with Crippen molar-refractivity contribution < 1.29 is 18.7 Å². The second-order valence-electron chi connectivity index (χ2n) is 8.72. The summed E-state index contributed by atoms with van der Waals surface area (Å²) in [4.78, 5) is 15.4. The highest BCUT2D eigenvalue weighted by Crippen LogP contribution is 2.44. The molecule has 3 heterocycles. The molecule has 0 bridgehead atoms. The predicted octanol–water partition coefficient (Wildman–Crippen LogP) is 4.58. The number of benzene rings is 2. The molecule has 2 aliphatic rings. The summed E-state index contributed by atoms with van der Waals surface area (Å²) in [5.41, 5.74) is 0.779. The van der Waals surface area contributed by atoms with E-state index in [9.17, 15) is 4.79 Å². The van der Waals surface area contributed by atoms with Gasteiger partial charge in [0.1, 0.15) is 29.5 Å². The molecule has 1 aromatic heterocycles. The standard InChI is InChI=1S/C26H28N2O4/c1-28-15-13-26(14-16-28)17-22(21-9-5-6-10-23(21)32-26)27-25(29)24-12-11-20(31-24)18-30-19-7-3-2-4-8-19/h2-12,22H,13-18H2,1H3,(H,27,29). The van der Waals surface area contributed by atoms with E-state index in [1.165, 1.54) is 0 Å². The molecule has 1 fully saturated rings. The number of nitrogens with one attached hydrogen (secondary N) is 1. The molecule has 2 aliphatic heterocycles. The van der Waals surface area contributed by atoms with Crippen LogP contribution in [-0.4, -0.2) is 36.5 Å². The van der Waals surface area contributed by atoms with Crippen molar-refractivity contribution in [3.05, 3.63) is 83.8 Å². The summed E-state index contributed by atoms with van der Waals surface area (Å²) in [5, 5.41) is 3.19. The maximum Gasteiger partial charge on any atom is 0.287 e. The Morgan fingerprint density at radius 2 is 1.81 bits per heavy atom. The Bertz CT molecular complexity index is 1070. The Labute approximate surface area is 188 Å². The van der Waals surface area contributed by atoms with E-state index in [1.807, 2.05) is 54.6 Å². The van der Waals surface area contributed by atoms with Crippen LogP contribution in [-0.2, 0) is 6.61 Å². The third-order valence-electron chi connectivity index (χ3n) is 6.41. The quantitative estimate of drug-likeness (QED) is 0.640. The van der Waals surface area contributed by atoms with Crippen molar-refractivity contribution in [2.75, 3.05) is 20.1 Å². The van der Waals surface area contributed by atoms with Crippen molar-refractivity contribution in [3.63, 3.8) is 0 Å². The lowest BCUT2D eigenvalue weighted by Crippen LogP contribution is -2.51. The normalized spacial score (nSPS) is 19.7. The fourth-order valence-corrected chi connectivity index (χ4v) is 4.56. The fourth-order valence-electron chi connectivity index (χ4n) is 4.56. The number of piperidine rings is 1. The smallest absolute Gasteiger partial charge is 0.287 e. The molecule has 0 radical (unpaired) electrons. The number of para-hydroxylation sites is 2. The van der Waals surface area contributed by atoms with Crippen molar-refractivity contribution in [1.82, 2.24) is 10.2 Å². The topological polar surface area (TPSA) is 63.9 Å². The summed E-state index contributed by atoms with van der Waals surface area (Å²) >= 11 is 0. The zero-order valence-electron chi connectivity index (χ0n) is 18.3. The molecule has 1 atom stereocenters. The zero-order chi connectivity index (χ0) is 22.0. The number of amides is 1. The van der Waals surface area contributed by atoms with Crippen LogP contribution in [0, 0.1) is 0 Å². The molecule has 3 aromatic rings. The highest BCUT2D eigenvalue weighted by atomic mass is 16.5. The number of hydrogen-bond donors (Lipinski definition) is 1. The van der Waals surface area contributed by atoms with Gasteiger partial charge in [0.15, 0.2) is 5.76 Å². The van der Waals surface area contributed by atoms with E-state index in [0.717, 1.165) is 49.4 Å². The molecular weight excluding hydrogens is 404 g/mol. The van der Waals surface area contributed by atoms with Crippen LogP contribution in [0.15, 0.2) is 71.1 Å². The van der Waals surface area contributed by atoms with E-state index in [2.05, 4.69) is 17.3 Å². The fraction of sp³-hybridized carbons (Fsp3) is 0.346. The summed E-state index contributed by atoms with van der Waals surface area (Å²) in [7, 11) is 2.14. The highest BCUT2D eigenvalue weighted by molar-refractivity contribution is 5.91. The van der Waals surface area contributed by atoms with E-state index in [-0.39, 0.29) is 29.9 Å². The maximum atomic E-state index is 13.0. The van der Waals surface area contributed by atoms with Gasteiger partial charge in [0.25, 0.3) is 5.91 Å². The van der Waals surface area contributed by atoms with Gasteiger partial charge in [0, 0.05) is 25.1 Å². The first kappa shape index (κ1) is 20.6. The first-order chi connectivity index (χ1) is 15.6. The number of fused-ring (bicyclic) bond motifs is 1. The van der Waals surface area contributed by atoms with Crippen LogP contribution >= 0.6 is 0 Å². The van der Waals surface area contributed by atoms with Gasteiger partial charge in [-0.15, -0.1) is 0 Å². The van der Waals surface area contributed by atoms with Gasteiger partial charge in [-0.3, -0.25) is 4.79 Å². The van der Waals surface area contributed by atoms with Crippen molar-refractivity contribution in [2.24, 2.45) is 0 Å². The van der Waals surface area contributed by atoms with E-state index in [1.54, 1.807) is 12.1 Å². The van der Waals surface area contributed by atoms with Gasteiger partial charge in [-0.1, -0.05) is 36.4 Å².